The van der Waals surface area contributed by atoms with Gasteiger partial charge in [0, 0.05) is 13.6 Å². The van der Waals surface area contributed by atoms with Crippen LogP contribution in [0.5, 0.6) is 0 Å². The Labute approximate surface area is 122 Å². The minimum Gasteiger partial charge on any atom is -0.476 e. The molecule has 1 amide bonds. The Kier molecular flexibility index (Phi) is 3.65. The zero-order valence-corrected chi connectivity index (χ0v) is 12.1. The molecule has 3 unspecified atom stereocenters. The maximum Gasteiger partial charge on any atom is 0.358 e. The zero-order valence-electron chi connectivity index (χ0n) is 12.1. The number of fused-ring (bicyclic) bond motifs is 2. The maximum absolute atomic E-state index is 12.2. The van der Waals surface area contributed by atoms with Crippen LogP contribution >= 0.6 is 0 Å². The van der Waals surface area contributed by atoms with E-state index < -0.39 is 5.97 Å². The SMILES string of the molecule is CN(CC1CC2CCC1C2)C(=O)Cn1cc(C(=O)O)nn1. The van der Waals surface area contributed by atoms with Crippen molar-refractivity contribution in [2.45, 2.75) is 32.2 Å². The molecule has 2 aliphatic carbocycles. The van der Waals surface area contributed by atoms with Gasteiger partial charge in [0.1, 0.15) is 6.54 Å². The zero-order chi connectivity index (χ0) is 15.0. The standard InChI is InChI=1S/C14H20N4O3/c1-17(6-11-5-9-2-3-10(11)4-9)13(19)8-18-7-12(14(20)21)15-16-18/h7,9-11H,2-6,8H2,1H3,(H,20,21). The minimum atomic E-state index is -1.14. The van der Waals surface area contributed by atoms with Gasteiger partial charge in [0.2, 0.25) is 5.91 Å². The fourth-order valence-electron chi connectivity index (χ4n) is 3.79. The van der Waals surface area contributed by atoms with Gasteiger partial charge in [-0.2, -0.15) is 0 Å². The van der Waals surface area contributed by atoms with Gasteiger partial charge < -0.3 is 10.0 Å². The van der Waals surface area contributed by atoms with Crippen molar-refractivity contribution < 1.29 is 14.7 Å². The number of nitrogens with zero attached hydrogens (tertiary/aromatic N) is 4. The van der Waals surface area contributed by atoms with E-state index in [0.29, 0.717) is 5.92 Å². The second kappa shape index (κ2) is 5.46. The van der Waals surface area contributed by atoms with Gasteiger partial charge in [-0.15, -0.1) is 5.10 Å². The van der Waals surface area contributed by atoms with Crippen LogP contribution in [0.3, 0.4) is 0 Å². The van der Waals surface area contributed by atoms with Crippen LogP contribution in [0, 0.1) is 17.8 Å². The van der Waals surface area contributed by atoms with E-state index in [4.69, 9.17) is 5.11 Å². The average molecular weight is 292 g/mol. The van der Waals surface area contributed by atoms with E-state index in [1.807, 2.05) is 7.05 Å². The molecule has 3 atom stereocenters. The number of aromatic nitrogens is 3. The Hall–Kier alpha value is -1.92. The highest BCUT2D eigenvalue weighted by Crippen LogP contribution is 2.48. The van der Waals surface area contributed by atoms with Crippen molar-refractivity contribution in [2.24, 2.45) is 17.8 Å². The quantitative estimate of drug-likeness (QED) is 0.870. The fraction of sp³-hybridized carbons (Fsp3) is 0.714. The molecule has 0 spiro atoms. The van der Waals surface area contributed by atoms with Gasteiger partial charge in [-0.3, -0.25) is 4.79 Å². The Morgan fingerprint density at radius 2 is 2.24 bits per heavy atom. The van der Waals surface area contributed by atoms with Gasteiger partial charge in [-0.1, -0.05) is 11.6 Å². The van der Waals surface area contributed by atoms with E-state index in [0.717, 1.165) is 18.4 Å². The number of amides is 1. The van der Waals surface area contributed by atoms with Crippen LogP contribution in [0.15, 0.2) is 6.20 Å². The van der Waals surface area contributed by atoms with Crippen molar-refractivity contribution in [3.8, 4) is 0 Å². The molecule has 0 saturated heterocycles. The van der Waals surface area contributed by atoms with Crippen molar-refractivity contribution in [2.75, 3.05) is 13.6 Å². The first kappa shape index (κ1) is 14.0. The predicted octanol–water partition coefficient (Wildman–Crippen LogP) is 0.871. The first-order chi connectivity index (χ1) is 10.0. The summed E-state index contributed by atoms with van der Waals surface area (Å²) in [5.41, 5.74) is -0.140. The lowest BCUT2D eigenvalue weighted by atomic mass is 9.88. The Morgan fingerprint density at radius 3 is 2.81 bits per heavy atom. The molecule has 2 bridgehead atoms. The number of hydrogen-bond donors (Lipinski definition) is 1. The van der Waals surface area contributed by atoms with Gasteiger partial charge >= 0.3 is 5.97 Å². The van der Waals surface area contributed by atoms with Crippen LogP contribution in [0.1, 0.15) is 36.2 Å². The van der Waals surface area contributed by atoms with Crippen molar-refractivity contribution in [3.63, 3.8) is 0 Å². The molecule has 7 heteroatoms. The number of carboxylic acid groups (broad SMARTS) is 1. The van der Waals surface area contributed by atoms with Gasteiger partial charge in [-0.25, -0.2) is 9.48 Å². The largest absolute Gasteiger partial charge is 0.476 e. The molecule has 0 radical (unpaired) electrons. The summed E-state index contributed by atoms with van der Waals surface area (Å²) >= 11 is 0. The summed E-state index contributed by atoms with van der Waals surface area (Å²) in [5, 5.41) is 16.0. The van der Waals surface area contributed by atoms with Crippen LogP contribution in [-0.2, 0) is 11.3 Å². The molecule has 1 aromatic rings. The highest BCUT2D eigenvalue weighted by Gasteiger charge is 2.40. The second-order valence-corrected chi connectivity index (χ2v) is 6.32. The molecular weight excluding hydrogens is 272 g/mol. The maximum atomic E-state index is 12.2. The first-order valence-corrected chi connectivity index (χ1v) is 7.40. The number of likely N-dealkylation sites (N-methyl/N-ethyl adjacent to an activating group) is 1. The Balaban J connectivity index is 1.53. The third kappa shape index (κ3) is 2.91. The molecule has 2 saturated carbocycles. The molecule has 21 heavy (non-hydrogen) atoms. The highest BCUT2D eigenvalue weighted by atomic mass is 16.4. The van der Waals surface area contributed by atoms with E-state index in [1.165, 1.54) is 36.6 Å². The highest BCUT2D eigenvalue weighted by molar-refractivity contribution is 5.84. The molecule has 7 nitrogen and oxygen atoms in total. The monoisotopic (exact) mass is 292 g/mol. The average Bonchev–Trinajstić information content (AvgIpc) is 3.13. The minimum absolute atomic E-state index is 0.0393. The van der Waals surface area contributed by atoms with Crippen LogP contribution < -0.4 is 0 Å². The molecule has 0 aliphatic heterocycles. The van der Waals surface area contributed by atoms with Crippen molar-refractivity contribution in [3.05, 3.63) is 11.9 Å². The molecule has 114 valence electrons. The Morgan fingerprint density at radius 1 is 1.43 bits per heavy atom. The Bertz CT molecular complexity index is 556. The predicted molar refractivity (Wildman–Crippen MR) is 73.6 cm³/mol. The van der Waals surface area contributed by atoms with Gasteiger partial charge in [0.25, 0.3) is 0 Å². The molecule has 0 aromatic carbocycles. The molecule has 2 fully saturated rings. The molecule has 2 aliphatic rings. The summed E-state index contributed by atoms with van der Waals surface area (Å²) in [7, 11) is 1.81. The van der Waals surface area contributed by atoms with E-state index in [2.05, 4.69) is 10.3 Å². The van der Waals surface area contributed by atoms with E-state index >= 15 is 0 Å². The topological polar surface area (TPSA) is 88.3 Å². The summed E-state index contributed by atoms with van der Waals surface area (Å²) in [5.74, 6) is 1.10. The van der Waals surface area contributed by atoms with Crippen molar-refractivity contribution in [1.29, 1.82) is 0 Å². The molecule has 1 N–H and O–H groups in total. The van der Waals surface area contributed by atoms with Crippen LogP contribution in [0.4, 0.5) is 0 Å². The number of hydrogen-bond acceptors (Lipinski definition) is 4. The molecule has 1 aromatic heterocycles. The van der Waals surface area contributed by atoms with Crippen LogP contribution in [0.2, 0.25) is 0 Å². The summed E-state index contributed by atoms with van der Waals surface area (Å²) in [6, 6.07) is 0. The van der Waals surface area contributed by atoms with Crippen molar-refractivity contribution >= 4 is 11.9 Å². The lowest BCUT2D eigenvalue weighted by Gasteiger charge is -2.27. The molecular formula is C14H20N4O3. The van der Waals surface area contributed by atoms with Gasteiger partial charge in [0.05, 0.1) is 6.20 Å². The lowest BCUT2D eigenvalue weighted by Crippen LogP contribution is -2.36. The van der Waals surface area contributed by atoms with E-state index in [1.54, 1.807) is 4.90 Å². The lowest BCUT2D eigenvalue weighted by molar-refractivity contribution is -0.131. The van der Waals surface area contributed by atoms with Crippen LogP contribution in [-0.4, -0.2) is 50.5 Å². The summed E-state index contributed by atoms with van der Waals surface area (Å²) < 4.78 is 1.28. The summed E-state index contributed by atoms with van der Waals surface area (Å²) in [4.78, 5) is 24.6. The number of rotatable bonds is 5. The van der Waals surface area contributed by atoms with E-state index in [-0.39, 0.29) is 18.1 Å². The van der Waals surface area contributed by atoms with Gasteiger partial charge in [0.15, 0.2) is 5.69 Å². The number of aromatic carboxylic acids is 1. The number of carboxylic acids is 1. The first-order valence-electron chi connectivity index (χ1n) is 7.40. The van der Waals surface area contributed by atoms with Crippen LogP contribution in [0.25, 0.3) is 0 Å². The molecule has 1 heterocycles. The van der Waals surface area contributed by atoms with Gasteiger partial charge in [-0.05, 0) is 37.0 Å². The van der Waals surface area contributed by atoms with Crippen molar-refractivity contribution in [1.82, 2.24) is 19.9 Å². The smallest absolute Gasteiger partial charge is 0.358 e. The number of carbonyl (C=O) groups is 2. The fourth-order valence-corrected chi connectivity index (χ4v) is 3.79. The summed E-state index contributed by atoms with van der Waals surface area (Å²) in [6.45, 7) is 0.831. The summed E-state index contributed by atoms with van der Waals surface area (Å²) in [6.07, 6.45) is 6.52. The molecule has 3 rings (SSSR count). The van der Waals surface area contributed by atoms with E-state index in [9.17, 15) is 9.59 Å². The third-order valence-corrected chi connectivity index (χ3v) is 4.87. The third-order valence-electron chi connectivity index (χ3n) is 4.87. The second-order valence-electron chi connectivity index (χ2n) is 6.32. The normalized spacial score (nSPS) is 27.0. The number of carbonyl (C=O) groups excluding carboxylic acids is 1.